The molecule has 5 nitrogen and oxygen atoms in total. The Morgan fingerprint density at radius 3 is 2.18 bits per heavy atom. The quantitative estimate of drug-likeness (QED) is 0.266. The molecule has 0 radical (unpaired) electrons. The van der Waals surface area contributed by atoms with Crippen LogP contribution in [0.4, 0.5) is 5.69 Å². The number of carbonyl (C=O) groups excluding carboxylic acids is 2. The number of carbonyl (C=O) groups is 2. The highest BCUT2D eigenvalue weighted by molar-refractivity contribution is 9.10. The van der Waals surface area contributed by atoms with E-state index in [1.807, 2.05) is 42.5 Å². The number of hydrogen-bond acceptors (Lipinski definition) is 5. The molecule has 39 heavy (non-hydrogen) atoms. The lowest BCUT2D eigenvalue weighted by Gasteiger charge is -2.43. The van der Waals surface area contributed by atoms with Gasteiger partial charge in [0.2, 0.25) is 11.8 Å². The number of thiazole rings is 1. The van der Waals surface area contributed by atoms with E-state index in [-0.39, 0.29) is 57.4 Å². The second-order valence-corrected chi connectivity index (χ2v) is 14.1. The molecule has 0 unspecified atom stereocenters. The Bertz CT molecular complexity index is 1680. The number of nitrogens with zero attached hydrogens (tertiary/aromatic N) is 1. The van der Waals surface area contributed by atoms with Gasteiger partial charge in [-0.2, -0.15) is 0 Å². The minimum Gasteiger partial charge on any atom is -0.307 e. The van der Waals surface area contributed by atoms with Crippen molar-refractivity contribution in [1.29, 1.82) is 0 Å². The fourth-order valence-corrected chi connectivity index (χ4v) is 10.9. The molecule has 3 fully saturated rings. The van der Waals surface area contributed by atoms with Crippen LogP contribution in [0.5, 0.6) is 0 Å². The van der Waals surface area contributed by atoms with Crippen LogP contribution in [-0.2, 0) is 9.59 Å². The molecule has 4 aromatic rings. The first kappa shape index (κ1) is 23.9. The van der Waals surface area contributed by atoms with E-state index in [0.717, 1.165) is 26.4 Å². The van der Waals surface area contributed by atoms with Crippen LogP contribution < -0.4 is 9.77 Å². The van der Waals surface area contributed by atoms with Crippen LogP contribution in [0, 0.1) is 29.6 Å². The molecule has 2 bridgehead atoms. The predicted octanol–water partition coefficient (Wildman–Crippen LogP) is 6.54. The Morgan fingerprint density at radius 1 is 0.795 bits per heavy atom. The Labute approximate surface area is 241 Å². The molecule has 2 aliphatic heterocycles. The van der Waals surface area contributed by atoms with E-state index in [2.05, 4.69) is 57.3 Å². The zero-order chi connectivity index (χ0) is 26.4. The van der Waals surface area contributed by atoms with Crippen molar-refractivity contribution in [3.8, 4) is 11.1 Å². The number of anilines is 1. The van der Waals surface area contributed by atoms with Gasteiger partial charge >= 0.3 is 4.87 Å². The summed E-state index contributed by atoms with van der Waals surface area (Å²) in [5, 5.41) is 1.13. The second-order valence-electron chi connectivity index (χ2n) is 10.9. The summed E-state index contributed by atoms with van der Waals surface area (Å²) in [5.74, 6) is -0.246. The maximum Gasteiger partial charge on any atom is 0.305 e. The second kappa shape index (κ2) is 8.78. The Morgan fingerprint density at radius 2 is 1.46 bits per heavy atom. The number of aromatic amines is 1. The number of thioether (sulfide) groups is 1. The highest BCUT2D eigenvalue weighted by Gasteiger charge is 2.69. The van der Waals surface area contributed by atoms with Crippen molar-refractivity contribution >= 4 is 56.5 Å². The van der Waals surface area contributed by atoms with Gasteiger partial charge in [0.25, 0.3) is 0 Å². The minimum atomic E-state index is -0.295. The molecule has 2 saturated carbocycles. The third-order valence-electron chi connectivity index (χ3n) is 9.19. The van der Waals surface area contributed by atoms with E-state index in [1.54, 1.807) is 11.8 Å². The molecule has 3 heterocycles. The van der Waals surface area contributed by atoms with E-state index >= 15 is 0 Å². The van der Waals surface area contributed by atoms with Crippen LogP contribution in [0.25, 0.3) is 11.1 Å². The number of halogens is 1. The monoisotopic (exact) mass is 614 g/mol. The lowest BCUT2D eigenvalue weighted by molar-refractivity contribution is -0.123. The summed E-state index contributed by atoms with van der Waals surface area (Å²) in [6.07, 6.45) is 0.890. The zero-order valence-electron chi connectivity index (χ0n) is 20.6. The van der Waals surface area contributed by atoms with E-state index in [0.29, 0.717) is 5.69 Å². The van der Waals surface area contributed by atoms with Crippen molar-refractivity contribution in [2.45, 2.75) is 22.6 Å². The number of benzene rings is 3. The van der Waals surface area contributed by atoms with E-state index in [1.165, 1.54) is 27.4 Å². The van der Waals surface area contributed by atoms with E-state index < -0.39 is 0 Å². The molecule has 3 aromatic carbocycles. The molecule has 2 aliphatic carbocycles. The number of rotatable bonds is 3. The van der Waals surface area contributed by atoms with Crippen LogP contribution in [0.1, 0.15) is 22.8 Å². The number of nitrogens with one attached hydrogen (secondary N) is 1. The average Bonchev–Trinajstić information content (AvgIpc) is 3.69. The summed E-state index contributed by atoms with van der Waals surface area (Å²) in [6, 6.07) is 26.4. The molecule has 4 aliphatic rings. The molecule has 1 aromatic heterocycles. The van der Waals surface area contributed by atoms with Gasteiger partial charge in [0.1, 0.15) is 0 Å². The van der Waals surface area contributed by atoms with Gasteiger partial charge in [-0.25, -0.2) is 0 Å². The van der Waals surface area contributed by atoms with Gasteiger partial charge in [-0.15, -0.1) is 11.8 Å². The summed E-state index contributed by atoms with van der Waals surface area (Å²) >= 11 is 6.47. The molecule has 7 atom stereocenters. The number of aromatic nitrogens is 1. The van der Waals surface area contributed by atoms with Gasteiger partial charge in [0, 0.05) is 20.5 Å². The maximum absolute atomic E-state index is 13.9. The van der Waals surface area contributed by atoms with Gasteiger partial charge in [-0.1, -0.05) is 81.9 Å². The third-order valence-corrected chi connectivity index (χ3v) is 12.3. The summed E-state index contributed by atoms with van der Waals surface area (Å²) < 4.78 is 0.911. The van der Waals surface area contributed by atoms with Gasteiger partial charge in [-0.05, 0) is 65.1 Å². The number of H-pyrrole nitrogens is 1. The SMILES string of the molecule is O=C1[C@H]2[C@H]3C[C@@H]([C@@H]2C(=O)N1c1ccc(Br)cc1)[C@H]1[C@H](c2ccc(-c4ccccc4)cc2)c2sc(=O)[nH]c2S[C@H]31. The number of hydrogen-bond donors (Lipinski definition) is 1. The summed E-state index contributed by atoms with van der Waals surface area (Å²) in [6.45, 7) is 0. The highest BCUT2D eigenvalue weighted by Crippen LogP contribution is 2.68. The third kappa shape index (κ3) is 3.47. The molecule has 2 amide bonds. The lowest BCUT2D eigenvalue weighted by atomic mass is 9.68. The Hall–Kier alpha value is -2.94. The number of imide groups is 1. The van der Waals surface area contributed by atoms with E-state index in [4.69, 9.17) is 0 Å². The van der Waals surface area contributed by atoms with E-state index in [9.17, 15) is 14.4 Å². The van der Waals surface area contributed by atoms with Crippen molar-refractivity contribution in [3.63, 3.8) is 0 Å². The maximum atomic E-state index is 13.9. The topological polar surface area (TPSA) is 70.2 Å². The fourth-order valence-electron chi connectivity index (χ4n) is 7.75. The molecule has 8 heteroatoms. The van der Waals surface area contributed by atoms with Crippen LogP contribution in [0.15, 0.2) is 93.2 Å². The fraction of sp³-hybridized carbons (Fsp3) is 0.258. The summed E-state index contributed by atoms with van der Waals surface area (Å²) in [4.78, 5) is 45.7. The number of amides is 2. The molecular formula is C31H23BrN2O3S2. The largest absolute Gasteiger partial charge is 0.307 e. The smallest absolute Gasteiger partial charge is 0.305 e. The van der Waals surface area contributed by atoms with Crippen molar-refractivity contribution in [2.75, 3.05) is 4.90 Å². The zero-order valence-corrected chi connectivity index (χ0v) is 23.8. The Kier molecular flexibility index (Phi) is 5.38. The van der Waals surface area contributed by atoms with Crippen LogP contribution in [-0.4, -0.2) is 22.0 Å². The lowest BCUT2D eigenvalue weighted by Crippen LogP contribution is -2.42. The molecule has 1 N–H and O–H groups in total. The minimum absolute atomic E-state index is 0.0283. The average molecular weight is 616 g/mol. The van der Waals surface area contributed by atoms with Gasteiger partial charge in [0.05, 0.1) is 22.5 Å². The van der Waals surface area contributed by atoms with Crippen LogP contribution >= 0.6 is 39.0 Å². The normalized spacial score (nSPS) is 30.4. The van der Waals surface area contributed by atoms with Crippen molar-refractivity contribution in [3.05, 3.63) is 103 Å². The Balaban J connectivity index is 1.19. The van der Waals surface area contributed by atoms with Crippen molar-refractivity contribution in [2.24, 2.45) is 29.6 Å². The van der Waals surface area contributed by atoms with Gasteiger partial charge in [0.15, 0.2) is 0 Å². The molecule has 8 rings (SSSR count). The first-order chi connectivity index (χ1) is 19.0. The van der Waals surface area contributed by atoms with Gasteiger partial charge in [-0.3, -0.25) is 19.3 Å². The highest BCUT2D eigenvalue weighted by atomic mass is 79.9. The number of fused-ring (bicyclic) bond motifs is 9. The predicted molar refractivity (Wildman–Crippen MR) is 157 cm³/mol. The van der Waals surface area contributed by atoms with Crippen molar-refractivity contribution < 1.29 is 9.59 Å². The summed E-state index contributed by atoms with van der Waals surface area (Å²) in [7, 11) is 0. The first-order valence-electron chi connectivity index (χ1n) is 13.2. The van der Waals surface area contributed by atoms with Crippen molar-refractivity contribution in [1.82, 2.24) is 4.98 Å². The molecule has 194 valence electrons. The first-order valence-corrected chi connectivity index (χ1v) is 15.7. The summed E-state index contributed by atoms with van der Waals surface area (Å²) in [5.41, 5.74) is 4.14. The van der Waals surface area contributed by atoms with Gasteiger partial charge < -0.3 is 4.98 Å². The van der Waals surface area contributed by atoms with Crippen LogP contribution in [0.2, 0.25) is 0 Å². The standard InChI is InChI=1S/C31H23BrN2O3S2/c32-18-10-12-19(13-11-18)34-29(35)24-20-14-21(25(24)30(34)36)26-23(20)22(27-28(38-26)33-31(37)39-27)17-8-6-16(7-9-17)15-4-2-1-3-5-15/h1-13,20-26H,14H2,(H,33,37)/t20-,21-,22+,23+,24+,25+,26-/m1/s1. The molecule has 1 saturated heterocycles. The molecular weight excluding hydrogens is 592 g/mol. The van der Waals surface area contributed by atoms with Crippen LogP contribution in [0.3, 0.4) is 0 Å². The molecule has 0 spiro atoms.